The van der Waals surface area contributed by atoms with E-state index in [0.717, 1.165) is 17.5 Å². The fraction of sp³-hybridized carbons (Fsp3) is 0.231. The van der Waals surface area contributed by atoms with Crippen molar-refractivity contribution >= 4 is 22.1 Å². The van der Waals surface area contributed by atoms with Crippen molar-refractivity contribution in [3.8, 4) is 0 Å². The van der Waals surface area contributed by atoms with Gasteiger partial charge in [0.2, 0.25) is 0 Å². The first-order valence-corrected chi connectivity index (χ1v) is 5.37. The summed E-state index contributed by atoms with van der Waals surface area (Å²) >= 11 is 0. The van der Waals surface area contributed by atoms with E-state index in [2.05, 4.69) is 23.2 Å². The molecule has 0 fully saturated rings. The second-order valence-electron chi connectivity index (χ2n) is 3.67. The highest BCUT2D eigenvalue weighted by Gasteiger charge is 2.07. The van der Waals surface area contributed by atoms with E-state index >= 15 is 0 Å². The topological polar surface area (TPSA) is 50.7 Å². The highest BCUT2D eigenvalue weighted by Crippen LogP contribution is 2.34. The van der Waals surface area contributed by atoms with E-state index in [1.54, 1.807) is 7.05 Å². The Kier molecular flexibility index (Phi) is 2.86. The van der Waals surface area contributed by atoms with E-state index < -0.39 is 0 Å². The molecule has 0 spiro atoms. The molecule has 3 heteroatoms. The fourth-order valence-corrected chi connectivity index (χ4v) is 1.94. The van der Waals surface area contributed by atoms with Gasteiger partial charge in [-0.15, -0.1) is 0 Å². The van der Waals surface area contributed by atoms with E-state index in [9.17, 15) is 0 Å². The second kappa shape index (κ2) is 4.31. The van der Waals surface area contributed by atoms with Crippen LogP contribution in [0.3, 0.4) is 0 Å². The molecule has 0 heterocycles. The van der Waals surface area contributed by atoms with Crippen molar-refractivity contribution in [3.05, 3.63) is 35.9 Å². The molecule has 82 valence electrons. The molecular formula is C13H15N3. The first-order chi connectivity index (χ1) is 7.77. The van der Waals surface area contributed by atoms with Crippen molar-refractivity contribution in [3.63, 3.8) is 0 Å². The van der Waals surface area contributed by atoms with Crippen LogP contribution in [0.5, 0.6) is 0 Å². The Labute approximate surface area is 95.0 Å². The van der Waals surface area contributed by atoms with Crippen LogP contribution >= 0.6 is 0 Å². The number of aryl methyl sites for hydroxylation is 1. The zero-order chi connectivity index (χ0) is 11.5. The fourth-order valence-electron chi connectivity index (χ4n) is 1.94. The van der Waals surface area contributed by atoms with E-state index in [-0.39, 0.29) is 0 Å². The zero-order valence-electron chi connectivity index (χ0n) is 9.57. The summed E-state index contributed by atoms with van der Waals surface area (Å²) in [5.74, 6) is 0. The SMILES string of the molecule is CCc1cc(/N=N/C)c(N)c2ccccc12. The maximum atomic E-state index is 6.07. The number of azo groups is 1. The molecule has 0 bridgehead atoms. The number of nitrogen functional groups attached to an aromatic ring is 1. The van der Waals surface area contributed by atoms with Crippen LogP contribution in [-0.2, 0) is 6.42 Å². The van der Waals surface area contributed by atoms with Crippen molar-refractivity contribution in [2.24, 2.45) is 10.2 Å². The second-order valence-corrected chi connectivity index (χ2v) is 3.67. The quantitative estimate of drug-likeness (QED) is 0.600. The first kappa shape index (κ1) is 10.6. The Morgan fingerprint density at radius 1 is 1.19 bits per heavy atom. The third-order valence-corrected chi connectivity index (χ3v) is 2.74. The van der Waals surface area contributed by atoms with Gasteiger partial charge in [0, 0.05) is 12.4 Å². The summed E-state index contributed by atoms with van der Waals surface area (Å²) in [5.41, 5.74) is 8.80. The van der Waals surface area contributed by atoms with Gasteiger partial charge in [0.05, 0.1) is 5.69 Å². The maximum Gasteiger partial charge on any atom is 0.109 e. The molecule has 0 aliphatic rings. The number of benzene rings is 2. The van der Waals surface area contributed by atoms with E-state index in [1.165, 1.54) is 10.9 Å². The van der Waals surface area contributed by atoms with E-state index in [0.29, 0.717) is 5.69 Å². The summed E-state index contributed by atoms with van der Waals surface area (Å²) in [5, 5.41) is 10.1. The molecule has 0 aliphatic carbocycles. The molecule has 3 nitrogen and oxygen atoms in total. The number of rotatable bonds is 2. The monoisotopic (exact) mass is 213 g/mol. The highest BCUT2D eigenvalue weighted by molar-refractivity contribution is 6.00. The molecule has 0 saturated heterocycles. The molecule has 2 rings (SSSR count). The minimum Gasteiger partial charge on any atom is -0.396 e. The predicted octanol–water partition coefficient (Wildman–Crippen LogP) is 3.70. The molecule has 0 saturated carbocycles. The van der Waals surface area contributed by atoms with Gasteiger partial charge in [-0.1, -0.05) is 31.2 Å². The Morgan fingerprint density at radius 3 is 2.50 bits per heavy atom. The average Bonchev–Trinajstić information content (AvgIpc) is 2.33. The smallest absolute Gasteiger partial charge is 0.109 e. The number of anilines is 1. The molecule has 2 aromatic rings. The van der Waals surface area contributed by atoms with E-state index in [4.69, 9.17) is 5.73 Å². The summed E-state index contributed by atoms with van der Waals surface area (Å²) in [4.78, 5) is 0. The van der Waals surface area contributed by atoms with Crippen LogP contribution in [0, 0.1) is 0 Å². The Morgan fingerprint density at radius 2 is 1.88 bits per heavy atom. The lowest BCUT2D eigenvalue weighted by Gasteiger charge is -2.09. The molecular weight excluding hydrogens is 198 g/mol. The van der Waals surface area contributed by atoms with Crippen molar-refractivity contribution in [1.29, 1.82) is 0 Å². The van der Waals surface area contributed by atoms with Crippen LogP contribution in [-0.4, -0.2) is 7.05 Å². The molecule has 0 unspecified atom stereocenters. The van der Waals surface area contributed by atoms with Crippen molar-refractivity contribution in [1.82, 2.24) is 0 Å². The van der Waals surface area contributed by atoms with Gasteiger partial charge in [0.25, 0.3) is 0 Å². The molecule has 0 atom stereocenters. The predicted molar refractivity (Wildman–Crippen MR) is 68.2 cm³/mol. The van der Waals surface area contributed by atoms with Crippen LogP contribution in [0.25, 0.3) is 10.8 Å². The van der Waals surface area contributed by atoms with E-state index in [1.807, 2.05) is 24.3 Å². The molecule has 0 radical (unpaired) electrons. The van der Waals surface area contributed by atoms with Crippen molar-refractivity contribution < 1.29 is 0 Å². The molecule has 0 amide bonds. The standard InChI is InChI=1S/C13H15N3/c1-3-9-8-12(16-15-2)13(14)11-7-5-4-6-10(9)11/h4-8H,3,14H2,1-2H3/b16-15+. The lowest BCUT2D eigenvalue weighted by Crippen LogP contribution is -1.92. The number of hydrogen-bond acceptors (Lipinski definition) is 3. The lowest BCUT2D eigenvalue weighted by atomic mass is 10.00. The van der Waals surface area contributed by atoms with Gasteiger partial charge in [-0.05, 0) is 23.4 Å². The van der Waals surface area contributed by atoms with Crippen LogP contribution in [0.1, 0.15) is 12.5 Å². The van der Waals surface area contributed by atoms with Gasteiger partial charge in [-0.3, -0.25) is 0 Å². The summed E-state index contributed by atoms with van der Waals surface area (Å²) in [6.45, 7) is 2.13. The Balaban J connectivity index is 2.82. The molecule has 0 aliphatic heterocycles. The summed E-state index contributed by atoms with van der Waals surface area (Å²) < 4.78 is 0. The van der Waals surface area contributed by atoms with Crippen LogP contribution in [0.15, 0.2) is 40.6 Å². The third-order valence-electron chi connectivity index (χ3n) is 2.74. The molecule has 2 N–H and O–H groups in total. The minimum absolute atomic E-state index is 0.707. The largest absolute Gasteiger partial charge is 0.396 e. The maximum absolute atomic E-state index is 6.07. The van der Waals surface area contributed by atoms with Gasteiger partial charge in [-0.25, -0.2) is 0 Å². The van der Waals surface area contributed by atoms with Crippen LogP contribution < -0.4 is 5.73 Å². The normalized spacial score (nSPS) is 11.4. The first-order valence-electron chi connectivity index (χ1n) is 5.37. The van der Waals surface area contributed by atoms with Crippen LogP contribution in [0.4, 0.5) is 11.4 Å². The van der Waals surface area contributed by atoms with Gasteiger partial charge < -0.3 is 5.73 Å². The summed E-state index contributed by atoms with van der Waals surface area (Å²) in [7, 11) is 1.65. The molecule has 2 aromatic carbocycles. The zero-order valence-corrected chi connectivity index (χ0v) is 9.57. The minimum atomic E-state index is 0.707. The number of fused-ring (bicyclic) bond motifs is 1. The summed E-state index contributed by atoms with van der Waals surface area (Å²) in [6.07, 6.45) is 0.965. The Hall–Kier alpha value is -1.90. The van der Waals surface area contributed by atoms with Crippen molar-refractivity contribution in [2.75, 3.05) is 12.8 Å². The van der Waals surface area contributed by atoms with Gasteiger partial charge >= 0.3 is 0 Å². The Bertz CT molecular complexity index is 544. The third kappa shape index (κ3) is 1.65. The van der Waals surface area contributed by atoms with Gasteiger partial charge in [0.15, 0.2) is 0 Å². The lowest BCUT2D eigenvalue weighted by molar-refractivity contribution is 1.13. The van der Waals surface area contributed by atoms with Gasteiger partial charge in [0.1, 0.15) is 5.69 Å². The van der Waals surface area contributed by atoms with Crippen LogP contribution in [0.2, 0.25) is 0 Å². The number of nitrogens with zero attached hydrogens (tertiary/aromatic N) is 2. The van der Waals surface area contributed by atoms with Crippen molar-refractivity contribution in [2.45, 2.75) is 13.3 Å². The summed E-state index contributed by atoms with van der Waals surface area (Å²) in [6, 6.07) is 10.2. The number of hydrogen-bond donors (Lipinski definition) is 1. The number of nitrogens with two attached hydrogens (primary N) is 1. The molecule has 0 aromatic heterocycles. The molecule has 16 heavy (non-hydrogen) atoms. The highest BCUT2D eigenvalue weighted by atomic mass is 15.1. The average molecular weight is 213 g/mol. The van der Waals surface area contributed by atoms with Gasteiger partial charge in [-0.2, -0.15) is 10.2 Å².